The van der Waals surface area contributed by atoms with Crippen LogP contribution in [0.4, 0.5) is 4.39 Å². The molecule has 4 rings (SSSR count). The van der Waals surface area contributed by atoms with Crippen molar-refractivity contribution in [2.45, 2.75) is 25.6 Å². The summed E-state index contributed by atoms with van der Waals surface area (Å²) in [6, 6.07) is 16.5. The van der Waals surface area contributed by atoms with Crippen LogP contribution in [0.1, 0.15) is 16.7 Å². The van der Waals surface area contributed by atoms with Crippen LogP contribution in [-0.2, 0) is 24.4 Å². The van der Waals surface area contributed by atoms with Gasteiger partial charge in [-0.05, 0) is 29.8 Å². The van der Waals surface area contributed by atoms with Gasteiger partial charge in [0.1, 0.15) is 18.5 Å². The summed E-state index contributed by atoms with van der Waals surface area (Å²) in [7, 11) is 1.53. The van der Waals surface area contributed by atoms with Gasteiger partial charge in [0.25, 0.3) is 0 Å². The maximum Gasteiger partial charge on any atom is 0.321 e. The Bertz CT molecular complexity index is 1310. The molecule has 0 saturated heterocycles. The molecule has 1 atom stereocenters. The molecule has 0 radical (unpaired) electrons. The minimum Gasteiger partial charge on any atom is -0.493 e. The first-order valence-electron chi connectivity index (χ1n) is 10.7. The Morgan fingerprint density at radius 1 is 1.12 bits per heavy atom. The number of hydrogen-bond donors (Lipinski definition) is 3. The molecular formula is C26H24ClFN2O4. The number of fused-ring (bicyclic) bond motifs is 1. The van der Waals surface area contributed by atoms with E-state index in [0.29, 0.717) is 23.5 Å². The number of carbonyl (C=O) groups is 1. The van der Waals surface area contributed by atoms with Crippen LogP contribution >= 0.6 is 11.6 Å². The minimum absolute atomic E-state index is 0.101. The summed E-state index contributed by atoms with van der Waals surface area (Å²) in [5.41, 5.74) is 3.23. The van der Waals surface area contributed by atoms with E-state index in [1.807, 2.05) is 42.6 Å². The van der Waals surface area contributed by atoms with Gasteiger partial charge in [0, 0.05) is 41.2 Å². The van der Waals surface area contributed by atoms with E-state index in [-0.39, 0.29) is 18.2 Å². The average molecular weight is 483 g/mol. The van der Waals surface area contributed by atoms with Crippen molar-refractivity contribution >= 4 is 28.5 Å². The second-order valence-electron chi connectivity index (χ2n) is 7.81. The number of aliphatic carboxylic acids is 1. The Kier molecular flexibility index (Phi) is 7.35. The highest BCUT2D eigenvalue weighted by atomic mass is 35.5. The molecule has 0 amide bonds. The third-order valence-corrected chi connectivity index (χ3v) is 5.96. The number of aromatic nitrogens is 1. The Hall–Kier alpha value is -3.55. The summed E-state index contributed by atoms with van der Waals surface area (Å²) in [6.45, 7) is 0.340. The number of H-pyrrole nitrogens is 1. The molecule has 0 spiro atoms. The number of carboxylic acids is 1. The molecule has 34 heavy (non-hydrogen) atoms. The third kappa shape index (κ3) is 5.32. The Labute approximate surface area is 201 Å². The first-order valence-corrected chi connectivity index (χ1v) is 11.1. The molecule has 0 aliphatic rings. The van der Waals surface area contributed by atoms with E-state index < -0.39 is 17.8 Å². The van der Waals surface area contributed by atoms with Gasteiger partial charge in [0.2, 0.25) is 0 Å². The quantitative estimate of drug-likeness (QED) is 0.284. The number of rotatable bonds is 10. The third-order valence-electron chi connectivity index (χ3n) is 5.60. The molecule has 176 valence electrons. The van der Waals surface area contributed by atoms with Gasteiger partial charge in [-0.1, -0.05) is 48.0 Å². The fourth-order valence-electron chi connectivity index (χ4n) is 3.81. The number of para-hydroxylation sites is 2. The Morgan fingerprint density at radius 2 is 1.94 bits per heavy atom. The average Bonchev–Trinajstić information content (AvgIpc) is 3.24. The van der Waals surface area contributed by atoms with E-state index in [1.165, 1.54) is 19.2 Å². The number of hydrogen-bond acceptors (Lipinski definition) is 4. The van der Waals surface area contributed by atoms with Crippen molar-refractivity contribution in [2.75, 3.05) is 7.11 Å². The van der Waals surface area contributed by atoms with Crippen molar-refractivity contribution in [2.24, 2.45) is 0 Å². The van der Waals surface area contributed by atoms with Gasteiger partial charge in [-0.3, -0.25) is 10.1 Å². The molecular weight excluding hydrogens is 459 g/mol. The lowest BCUT2D eigenvalue weighted by Gasteiger charge is -2.18. The van der Waals surface area contributed by atoms with Gasteiger partial charge >= 0.3 is 5.97 Å². The summed E-state index contributed by atoms with van der Waals surface area (Å²) in [5, 5.41) is 14.2. The number of ether oxygens (including phenoxy) is 2. The zero-order chi connectivity index (χ0) is 24.1. The molecule has 0 fully saturated rings. The number of methoxy groups -OCH3 is 1. The fraction of sp³-hybridized carbons (Fsp3) is 0.192. The Morgan fingerprint density at radius 3 is 2.71 bits per heavy atom. The summed E-state index contributed by atoms with van der Waals surface area (Å²) >= 11 is 6.12. The molecule has 1 aromatic heterocycles. The molecule has 3 N–H and O–H groups in total. The Balaban J connectivity index is 1.51. The molecule has 4 aromatic rings. The van der Waals surface area contributed by atoms with E-state index in [4.69, 9.17) is 21.1 Å². The molecule has 1 heterocycles. The van der Waals surface area contributed by atoms with E-state index in [9.17, 15) is 14.3 Å². The fourth-order valence-corrected chi connectivity index (χ4v) is 4.04. The monoisotopic (exact) mass is 482 g/mol. The second-order valence-corrected chi connectivity index (χ2v) is 8.22. The SMILES string of the molecule is COc1cccc(CN[C@H](Cc2c[nH]c3ccccc23)C(=O)O)c1OCc1ccc(F)cc1Cl. The summed E-state index contributed by atoms with van der Waals surface area (Å²) in [6.07, 6.45) is 2.15. The predicted octanol–water partition coefficient (Wildman–Crippen LogP) is 5.33. The molecule has 0 saturated carbocycles. The molecule has 6 nitrogen and oxygen atoms in total. The summed E-state index contributed by atoms with van der Waals surface area (Å²) in [4.78, 5) is 15.2. The number of benzene rings is 3. The van der Waals surface area contributed by atoms with Crippen molar-refractivity contribution in [3.63, 3.8) is 0 Å². The summed E-state index contributed by atoms with van der Waals surface area (Å²) < 4.78 is 24.8. The highest BCUT2D eigenvalue weighted by Gasteiger charge is 2.21. The van der Waals surface area contributed by atoms with Gasteiger partial charge in [0.05, 0.1) is 12.1 Å². The van der Waals surface area contributed by atoms with Gasteiger partial charge in [-0.2, -0.15) is 0 Å². The van der Waals surface area contributed by atoms with Crippen LogP contribution in [-0.4, -0.2) is 29.2 Å². The number of carboxylic acid groups (broad SMARTS) is 1. The zero-order valence-corrected chi connectivity index (χ0v) is 19.2. The van der Waals surface area contributed by atoms with Crippen molar-refractivity contribution in [1.82, 2.24) is 10.3 Å². The summed E-state index contributed by atoms with van der Waals surface area (Å²) in [5.74, 6) is -0.408. The number of aromatic amines is 1. The van der Waals surface area contributed by atoms with Crippen LogP contribution in [0.2, 0.25) is 5.02 Å². The van der Waals surface area contributed by atoms with Crippen LogP contribution in [0.15, 0.2) is 66.9 Å². The van der Waals surface area contributed by atoms with Gasteiger partial charge < -0.3 is 19.6 Å². The molecule has 0 unspecified atom stereocenters. The number of nitrogens with one attached hydrogen (secondary N) is 2. The van der Waals surface area contributed by atoms with Gasteiger partial charge in [0.15, 0.2) is 11.5 Å². The van der Waals surface area contributed by atoms with Crippen molar-refractivity contribution < 1.29 is 23.8 Å². The smallest absolute Gasteiger partial charge is 0.321 e. The predicted molar refractivity (Wildman–Crippen MR) is 129 cm³/mol. The second kappa shape index (κ2) is 10.6. The standard InChI is InChI=1S/C26H24ClFN2O4/c1-33-24-8-4-5-16(25(24)34-15-17-9-10-19(28)12-21(17)27)13-30-23(26(31)32)11-18-14-29-22-7-3-2-6-20(18)22/h2-10,12,14,23,29-30H,11,13,15H2,1H3,(H,31,32)/t23-/m1/s1. The normalized spacial score (nSPS) is 12.0. The molecule has 0 aliphatic heterocycles. The van der Waals surface area contributed by atoms with Crippen LogP contribution in [0.25, 0.3) is 10.9 Å². The molecule has 0 aliphatic carbocycles. The molecule has 0 bridgehead atoms. The number of halogens is 2. The van der Waals surface area contributed by atoms with Gasteiger partial charge in [-0.25, -0.2) is 4.39 Å². The lowest BCUT2D eigenvalue weighted by atomic mass is 10.0. The topological polar surface area (TPSA) is 83.6 Å². The maximum atomic E-state index is 13.4. The van der Waals surface area contributed by atoms with Gasteiger partial charge in [-0.15, -0.1) is 0 Å². The van der Waals surface area contributed by atoms with Crippen LogP contribution in [0.5, 0.6) is 11.5 Å². The van der Waals surface area contributed by atoms with E-state index >= 15 is 0 Å². The van der Waals surface area contributed by atoms with Crippen molar-refractivity contribution in [1.29, 1.82) is 0 Å². The first kappa shape index (κ1) is 23.6. The lowest BCUT2D eigenvalue weighted by Crippen LogP contribution is -2.38. The molecule has 3 aromatic carbocycles. The van der Waals surface area contributed by atoms with Crippen LogP contribution in [0.3, 0.4) is 0 Å². The lowest BCUT2D eigenvalue weighted by molar-refractivity contribution is -0.139. The maximum absolute atomic E-state index is 13.4. The highest BCUT2D eigenvalue weighted by Crippen LogP contribution is 2.32. The molecule has 8 heteroatoms. The van der Waals surface area contributed by atoms with Crippen molar-refractivity contribution in [3.8, 4) is 11.5 Å². The minimum atomic E-state index is -0.950. The van der Waals surface area contributed by atoms with Crippen molar-refractivity contribution in [3.05, 3.63) is 94.4 Å². The van der Waals surface area contributed by atoms with E-state index in [2.05, 4.69) is 10.3 Å². The first-order chi connectivity index (χ1) is 16.5. The van der Waals surface area contributed by atoms with Crippen LogP contribution in [0, 0.1) is 5.82 Å². The van der Waals surface area contributed by atoms with Crippen LogP contribution < -0.4 is 14.8 Å². The largest absolute Gasteiger partial charge is 0.493 e. The highest BCUT2D eigenvalue weighted by molar-refractivity contribution is 6.31. The zero-order valence-electron chi connectivity index (χ0n) is 18.5. The van der Waals surface area contributed by atoms with E-state index in [0.717, 1.165) is 22.0 Å². The van der Waals surface area contributed by atoms with E-state index in [1.54, 1.807) is 12.1 Å².